The fourth-order valence-electron chi connectivity index (χ4n) is 4.13. The maximum Gasteiger partial charge on any atom is 0.249 e. The minimum absolute atomic E-state index is 0.117. The molecule has 1 amide bonds. The van der Waals surface area contributed by atoms with E-state index in [1.165, 1.54) is 12.1 Å². The zero-order valence-electron chi connectivity index (χ0n) is 20.0. The monoisotopic (exact) mass is 495 g/mol. The van der Waals surface area contributed by atoms with Gasteiger partial charge in [-0.1, -0.05) is 36.4 Å². The number of rotatable bonds is 7. The van der Waals surface area contributed by atoms with E-state index < -0.39 is 15.7 Å². The number of carbonyl (C=O) groups is 1. The van der Waals surface area contributed by atoms with E-state index in [9.17, 15) is 18.5 Å². The number of fused-ring (bicyclic) bond motifs is 1. The van der Waals surface area contributed by atoms with Gasteiger partial charge in [-0.25, -0.2) is 8.42 Å². The van der Waals surface area contributed by atoms with Gasteiger partial charge in [-0.05, 0) is 78.1 Å². The maximum atomic E-state index is 12.3. The van der Waals surface area contributed by atoms with Crippen molar-refractivity contribution in [3.05, 3.63) is 95.7 Å². The predicted molar refractivity (Wildman–Crippen MR) is 142 cm³/mol. The van der Waals surface area contributed by atoms with Gasteiger partial charge in [-0.3, -0.25) is 9.78 Å². The summed E-state index contributed by atoms with van der Waals surface area (Å²) in [6, 6.07) is 24.1. The lowest BCUT2D eigenvalue weighted by molar-refractivity contribution is -0.112. The summed E-state index contributed by atoms with van der Waals surface area (Å²) in [4.78, 5) is 17.0. The molecule has 1 unspecified atom stereocenters. The van der Waals surface area contributed by atoms with E-state index >= 15 is 0 Å². The molecular weight excluding hydrogens is 470 g/mol. The molecule has 0 fully saturated rings. The van der Waals surface area contributed by atoms with E-state index in [0.29, 0.717) is 12.0 Å². The molecule has 180 valence electrons. The van der Waals surface area contributed by atoms with Crippen LogP contribution < -0.4 is 5.73 Å². The molecule has 3 aromatic carbocycles. The topological polar surface area (TPSA) is 114 Å². The highest BCUT2D eigenvalue weighted by molar-refractivity contribution is 7.90. The molecule has 0 saturated heterocycles. The van der Waals surface area contributed by atoms with Crippen LogP contribution in [0.2, 0.25) is 0 Å². The number of sulfone groups is 1. The number of primary amides is 1. The molecule has 0 saturated carbocycles. The smallest absolute Gasteiger partial charge is 0.249 e. The summed E-state index contributed by atoms with van der Waals surface area (Å²) in [6.45, 7) is 1.90. The Hall–Kier alpha value is -4.28. The Labute approximate surface area is 210 Å². The van der Waals surface area contributed by atoms with E-state index in [0.717, 1.165) is 39.4 Å². The highest BCUT2D eigenvalue weighted by atomic mass is 32.2. The van der Waals surface area contributed by atoms with E-state index in [1.54, 1.807) is 24.4 Å². The predicted octanol–water partition coefficient (Wildman–Crippen LogP) is 5.03. The Bertz CT molecular complexity index is 1630. The highest BCUT2D eigenvalue weighted by Gasteiger charge is 2.13. The molecule has 1 heterocycles. The number of benzene rings is 3. The number of carbonyl (C=O) groups excluding carboxylic acids is 1. The number of amides is 1. The summed E-state index contributed by atoms with van der Waals surface area (Å²) >= 11 is 0. The van der Waals surface area contributed by atoms with Gasteiger partial charge >= 0.3 is 0 Å². The molecule has 1 aromatic heterocycles. The first-order chi connectivity index (χ1) is 17.2. The summed E-state index contributed by atoms with van der Waals surface area (Å²) in [5.74, 6) is -0.736. The summed E-state index contributed by atoms with van der Waals surface area (Å²) < 4.78 is 23.6. The molecule has 0 spiro atoms. The molecule has 1 atom stereocenters. The zero-order valence-corrected chi connectivity index (χ0v) is 20.8. The zero-order chi connectivity index (χ0) is 25.9. The normalized spacial score (nSPS) is 12.8. The second-order valence-electron chi connectivity index (χ2n) is 8.80. The van der Waals surface area contributed by atoms with Gasteiger partial charge in [0, 0.05) is 34.9 Å². The Morgan fingerprint density at radius 3 is 2.50 bits per heavy atom. The van der Waals surface area contributed by atoms with Crippen LogP contribution in [0.5, 0.6) is 0 Å². The molecule has 0 bridgehead atoms. The average molecular weight is 496 g/mol. The van der Waals surface area contributed by atoms with Crippen LogP contribution in [0, 0.1) is 17.2 Å². The molecule has 6 nitrogen and oxygen atoms in total. The lowest BCUT2D eigenvalue weighted by Gasteiger charge is -2.12. The minimum Gasteiger partial charge on any atom is -0.366 e. The molecular formula is C29H25N3O3S. The van der Waals surface area contributed by atoms with Gasteiger partial charge in [0.2, 0.25) is 5.91 Å². The van der Waals surface area contributed by atoms with Crippen LogP contribution >= 0.6 is 0 Å². The van der Waals surface area contributed by atoms with Crippen molar-refractivity contribution in [2.24, 2.45) is 11.7 Å². The number of hydrogen-bond acceptors (Lipinski definition) is 5. The Morgan fingerprint density at radius 2 is 1.83 bits per heavy atom. The molecule has 7 heteroatoms. The molecule has 4 aromatic rings. The van der Waals surface area contributed by atoms with Crippen LogP contribution in [0.3, 0.4) is 0 Å². The summed E-state index contributed by atoms with van der Waals surface area (Å²) in [7, 11) is -3.35. The van der Waals surface area contributed by atoms with Crippen molar-refractivity contribution in [1.29, 1.82) is 5.26 Å². The van der Waals surface area contributed by atoms with Crippen molar-refractivity contribution in [1.82, 2.24) is 4.98 Å². The van der Waals surface area contributed by atoms with Crippen molar-refractivity contribution in [2.45, 2.75) is 18.2 Å². The van der Waals surface area contributed by atoms with Crippen LogP contribution in [-0.2, 0) is 21.1 Å². The van der Waals surface area contributed by atoms with Gasteiger partial charge in [0.1, 0.15) is 0 Å². The van der Waals surface area contributed by atoms with Gasteiger partial charge in [0.15, 0.2) is 9.84 Å². The second kappa shape index (κ2) is 10.1. The van der Waals surface area contributed by atoms with Crippen molar-refractivity contribution in [3.63, 3.8) is 0 Å². The number of nitrogens with zero attached hydrogens (tertiary/aromatic N) is 2. The van der Waals surface area contributed by atoms with Gasteiger partial charge in [-0.15, -0.1) is 0 Å². The minimum atomic E-state index is -3.35. The maximum absolute atomic E-state index is 12.3. The lowest BCUT2D eigenvalue weighted by atomic mass is 9.93. The van der Waals surface area contributed by atoms with Crippen LogP contribution in [0.25, 0.3) is 33.7 Å². The number of aromatic nitrogens is 1. The summed E-state index contributed by atoms with van der Waals surface area (Å²) in [5, 5.41) is 10.3. The molecule has 36 heavy (non-hydrogen) atoms. The van der Waals surface area contributed by atoms with E-state index in [2.05, 4.69) is 23.2 Å². The third-order valence-corrected chi connectivity index (χ3v) is 7.02. The molecule has 0 radical (unpaired) electrons. The van der Waals surface area contributed by atoms with Crippen molar-refractivity contribution in [2.75, 3.05) is 6.26 Å². The van der Waals surface area contributed by atoms with Crippen LogP contribution in [0.4, 0.5) is 0 Å². The second-order valence-corrected chi connectivity index (χ2v) is 10.8. The van der Waals surface area contributed by atoms with Gasteiger partial charge in [0.05, 0.1) is 16.5 Å². The molecule has 4 rings (SSSR count). The average Bonchev–Trinajstić information content (AvgIpc) is 2.86. The third kappa shape index (κ3) is 5.51. The summed E-state index contributed by atoms with van der Waals surface area (Å²) in [6.07, 6.45) is 5.20. The highest BCUT2D eigenvalue weighted by Crippen LogP contribution is 2.31. The first kappa shape index (κ1) is 24.8. The lowest BCUT2D eigenvalue weighted by Crippen LogP contribution is -2.13. The molecule has 0 aliphatic carbocycles. The largest absolute Gasteiger partial charge is 0.366 e. The van der Waals surface area contributed by atoms with Gasteiger partial charge in [-0.2, -0.15) is 5.26 Å². The quantitative estimate of drug-likeness (QED) is 0.285. The SMILES string of the molecule is CC(C#N)Cc1cc(-c2cccc(/C=C(/C(N)=O)c3ccc(S(C)(=O)=O)cc3)c2)c2ncccc2c1. The standard InChI is InChI=1S/C29H25N3O3S/c1-19(18-30)13-21-15-24-7-4-12-32-28(24)26(17-21)23-6-3-5-20(14-23)16-27(29(31)33)22-8-10-25(11-9-22)36(2,34)35/h3-12,14-17,19H,13H2,1-2H3,(H2,31,33)/b27-16+. The number of nitriles is 1. The van der Waals surface area contributed by atoms with Crippen molar-refractivity contribution < 1.29 is 13.2 Å². The van der Waals surface area contributed by atoms with Crippen LogP contribution in [0.15, 0.2) is 83.9 Å². The van der Waals surface area contributed by atoms with Gasteiger partial charge in [0.25, 0.3) is 0 Å². The summed E-state index contributed by atoms with van der Waals surface area (Å²) in [5.41, 5.74) is 11.0. The molecule has 0 aliphatic heterocycles. The number of hydrogen-bond donors (Lipinski definition) is 1. The molecule has 0 aliphatic rings. The van der Waals surface area contributed by atoms with E-state index in [1.807, 2.05) is 43.3 Å². The van der Waals surface area contributed by atoms with E-state index in [4.69, 9.17) is 5.73 Å². The van der Waals surface area contributed by atoms with Gasteiger partial charge < -0.3 is 5.73 Å². The first-order valence-electron chi connectivity index (χ1n) is 11.4. The van der Waals surface area contributed by atoms with Crippen LogP contribution in [-0.4, -0.2) is 25.6 Å². The number of pyridine rings is 1. The number of nitrogens with two attached hydrogens (primary N) is 1. The first-order valence-corrected chi connectivity index (χ1v) is 13.2. The van der Waals surface area contributed by atoms with Crippen molar-refractivity contribution >= 4 is 38.3 Å². The van der Waals surface area contributed by atoms with E-state index in [-0.39, 0.29) is 16.4 Å². The third-order valence-electron chi connectivity index (χ3n) is 5.89. The van der Waals surface area contributed by atoms with Crippen LogP contribution in [0.1, 0.15) is 23.6 Å². The fourth-order valence-corrected chi connectivity index (χ4v) is 4.76. The van der Waals surface area contributed by atoms with Crippen molar-refractivity contribution in [3.8, 4) is 17.2 Å². The Kier molecular flexibility index (Phi) is 7.00. The Balaban J connectivity index is 1.80. The Morgan fingerprint density at radius 1 is 1.08 bits per heavy atom. The molecule has 2 N–H and O–H groups in total. The fraction of sp³-hybridized carbons (Fsp3) is 0.138.